The number of nitrogens with two attached hydrogens (primary N) is 1. The summed E-state index contributed by atoms with van der Waals surface area (Å²) in [7, 11) is 0. The van der Waals surface area contributed by atoms with Crippen LogP contribution >= 0.6 is 15.9 Å². The molecule has 2 N–H and O–H groups in total. The van der Waals surface area contributed by atoms with Crippen LogP contribution in [0.5, 0.6) is 0 Å². The van der Waals surface area contributed by atoms with Crippen molar-refractivity contribution < 1.29 is 0 Å². The van der Waals surface area contributed by atoms with E-state index in [1.54, 1.807) is 0 Å². The number of halogens is 1. The van der Waals surface area contributed by atoms with Crippen molar-refractivity contribution in [3.8, 4) is 16.9 Å². The van der Waals surface area contributed by atoms with E-state index in [1.807, 2.05) is 42.9 Å². The van der Waals surface area contributed by atoms with Gasteiger partial charge in [-0.25, -0.2) is 4.98 Å². The highest BCUT2D eigenvalue weighted by Crippen LogP contribution is 2.29. The molecule has 2 aromatic carbocycles. The maximum atomic E-state index is 5.71. The summed E-state index contributed by atoms with van der Waals surface area (Å²) < 4.78 is 3.12. The van der Waals surface area contributed by atoms with Gasteiger partial charge in [0.1, 0.15) is 0 Å². The minimum absolute atomic E-state index is 0.535. The third-order valence-electron chi connectivity index (χ3n) is 3.21. The number of benzene rings is 2. The first kappa shape index (κ1) is 13.1. The molecule has 3 nitrogen and oxygen atoms in total. The molecular formula is C16H14BrN3. The second-order valence-electron chi connectivity index (χ2n) is 4.50. The van der Waals surface area contributed by atoms with E-state index < -0.39 is 0 Å². The number of aromatic nitrogens is 2. The predicted molar refractivity (Wildman–Crippen MR) is 84.6 cm³/mol. The van der Waals surface area contributed by atoms with Crippen molar-refractivity contribution in [3.05, 3.63) is 71.1 Å². The van der Waals surface area contributed by atoms with Gasteiger partial charge in [0.25, 0.3) is 0 Å². The van der Waals surface area contributed by atoms with Crippen LogP contribution in [0.4, 0.5) is 0 Å². The highest BCUT2D eigenvalue weighted by Gasteiger charge is 2.09. The van der Waals surface area contributed by atoms with Crippen LogP contribution in [0.2, 0.25) is 0 Å². The van der Waals surface area contributed by atoms with E-state index in [9.17, 15) is 0 Å². The highest BCUT2D eigenvalue weighted by atomic mass is 79.9. The Bertz CT molecular complexity index is 734. The summed E-state index contributed by atoms with van der Waals surface area (Å²) in [6.07, 6.45) is 3.69. The standard InChI is InChI=1S/C16H14BrN3/c17-15-7-2-1-6-14(15)16-10-19-11-20(16)13-5-3-4-12(8-13)9-18/h1-8,10-11H,9,18H2. The van der Waals surface area contributed by atoms with E-state index in [-0.39, 0.29) is 0 Å². The van der Waals surface area contributed by atoms with Crippen molar-refractivity contribution in [2.45, 2.75) is 6.54 Å². The minimum atomic E-state index is 0.535. The Morgan fingerprint density at radius 3 is 2.75 bits per heavy atom. The van der Waals surface area contributed by atoms with Crippen molar-refractivity contribution >= 4 is 15.9 Å². The smallest absolute Gasteiger partial charge is 0.0997 e. The molecule has 0 spiro atoms. The van der Waals surface area contributed by atoms with E-state index in [2.05, 4.69) is 43.7 Å². The van der Waals surface area contributed by atoms with Crippen LogP contribution in [0, 0.1) is 0 Å². The Morgan fingerprint density at radius 1 is 1.10 bits per heavy atom. The van der Waals surface area contributed by atoms with Gasteiger partial charge < -0.3 is 5.73 Å². The number of imidazole rings is 1. The van der Waals surface area contributed by atoms with Crippen LogP contribution < -0.4 is 5.73 Å². The number of nitrogens with zero attached hydrogens (tertiary/aromatic N) is 2. The van der Waals surface area contributed by atoms with Crippen LogP contribution in [0.1, 0.15) is 5.56 Å². The molecular weight excluding hydrogens is 314 g/mol. The molecule has 4 heteroatoms. The monoisotopic (exact) mass is 327 g/mol. The summed E-state index contributed by atoms with van der Waals surface area (Å²) in [6.45, 7) is 0.535. The molecule has 0 unspecified atom stereocenters. The second-order valence-corrected chi connectivity index (χ2v) is 5.36. The van der Waals surface area contributed by atoms with E-state index in [0.29, 0.717) is 6.54 Å². The molecule has 0 radical (unpaired) electrons. The third kappa shape index (κ3) is 2.40. The number of rotatable bonds is 3. The summed E-state index contributed by atoms with van der Waals surface area (Å²) in [4.78, 5) is 4.28. The Labute approximate surface area is 126 Å². The Hall–Kier alpha value is -1.91. The molecule has 3 rings (SSSR count). The summed E-state index contributed by atoms with van der Waals surface area (Å²) >= 11 is 3.59. The molecule has 0 aliphatic rings. The van der Waals surface area contributed by atoms with Crippen molar-refractivity contribution in [2.24, 2.45) is 5.73 Å². The molecule has 0 aliphatic heterocycles. The fourth-order valence-electron chi connectivity index (χ4n) is 2.20. The van der Waals surface area contributed by atoms with Gasteiger partial charge in [-0.1, -0.05) is 46.3 Å². The lowest BCUT2D eigenvalue weighted by atomic mass is 10.1. The molecule has 0 aliphatic carbocycles. The lowest BCUT2D eigenvalue weighted by Gasteiger charge is -2.10. The van der Waals surface area contributed by atoms with Gasteiger partial charge in [0, 0.05) is 22.3 Å². The zero-order chi connectivity index (χ0) is 13.9. The van der Waals surface area contributed by atoms with Gasteiger partial charge in [-0.2, -0.15) is 0 Å². The molecule has 1 heterocycles. The maximum absolute atomic E-state index is 5.71. The molecule has 20 heavy (non-hydrogen) atoms. The fraction of sp³-hybridized carbons (Fsp3) is 0.0625. The molecule has 0 amide bonds. The average Bonchev–Trinajstić information content (AvgIpc) is 2.97. The summed E-state index contributed by atoms with van der Waals surface area (Å²) in [5.74, 6) is 0. The van der Waals surface area contributed by atoms with Crippen LogP contribution in [0.15, 0.2) is 65.5 Å². The summed E-state index contributed by atoms with van der Waals surface area (Å²) in [5, 5.41) is 0. The Morgan fingerprint density at radius 2 is 1.95 bits per heavy atom. The second kappa shape index (κ2) is 5.61. The first-order valence-electron chi connectivity index (χ1n) is 6.36. The SMILES string of the molecule is NCc1cccc(-n2cncc2-c2ccccc2Br)c1. The van der Waals surface area contributed by atoms with Gasteiger partial charge in [0.05, 0.1) is 18.2 Å². The molecule has 0 fully saturated rings. The molecule has 1 aromatic heterocycles. The third-order valence-corrected chi connectivity index (χ3v) is 3.90. The summed E-state index contributed by atoms with van der Waals surface area (Å²) in [6, 6.07) is 16.3. The highest BCUT2D eigenvalue weighted by molar-refractivity contribution is 9.10. The molecule has 3 aromatic rings. The van der Waals surface area contributed by atoms with Crippen LogP contribution in [-0.4, -0.2) is 9.55 Å². The van der Waals surface area contributed by atoms with Crippen molar-refractivity contribution in [2.75, 3.05) is 0 Å². The first-order valence-corrected chi connectivity index (χ1v) is 7.15. The number of hydrogen-bond donors (Lipinski definition) is 1. The minimum Gasteiger partial charge on any atom is -0.326 e. The van der Waals surface area contributed by atoms with Gasteiger partial charge in [-0.3, -0.25) is 4.57 Å². The van der Waals surface area contributed by atoms with Crippen molar-refractivity contribution in [1.29, 1.82) is 0 Å². The maximum Gasteiger partial charge on any atom is 0.0997 e. The molecule has 0 atom stereocenters. The fourth-order valence-corrected chi connectivity index (χ4v) is 2.69. The lowest BCUT2D eigenvalue weighted by molar-refractivity contribution is 1.03. The number of hydrogen-bond acceptors (Lipinski definition) is 2. The van der Waals surface area contributed by atoms with Crippen LogP contribution in [0.25, 0.3) is 16.9 Å². The van der Waals surface area contributed by atoms with Gasteiger partial charge in [0.2, 0.25) is 0 Å². The van der Waals surface area contributed by atoms with E-state index in [1.165, 1.54) is 0 Å². The molecule has 0 saturated heterocycles. The zero-order valence-corrected chi connectivity index (χ0v) is 12.4. The van der Waals surface area contributed by atoms with E-state index in [4.69, 9.17) is 5.73 Å². The topological polar surface area (TPSA) is 43.8 Å². The van der Waals surface area contributed by atoms with Gasteiger partial charge in [-0.05, 0) is 23.8 Å². The largest absolute Gasteiger partial charge is 0.326 e. The molecule has 0 saturated carbocycles. The van der Waals surface area contributed by atoms with E-state index >= 15 is 0 Å². The van der Waals surface area contributed by atoms with Gasteiger partial charge >= 0.3 is 0 Å². The van der Waals surface area contributed by atoms with Gasteiger partial charge in [0.15, 0.2) is 0 Å². The molecule has 100 valence electrons. The first-order chi connectivity index (χ1) is 9.79. The average molecular weight is 328 g/mol. The lowest BCUT2D eigenvalue weighted by Crippen LogP contribution is -2.00. The zero-order valence-electron chi connectivity index (χ0n) is 10.8. The quantitative estimate of drug-likeness (QED) is 0.795. The van der Waals surface area contributed by atoms with E-state index in [0.717, 1.165) is 27.0 Å². The van der Waals surface area contributed by atoms with Crippen LogP contribution in [-0.2, 0) is 6.54 Å². The van der Waals surface area contributed by atoms with Crippen molar-refractivity contribution in [3.63, 3.8) is 0 Å². The van der Waals surface area contributed by atoms with Gasteiger partial charge in [-0.15, -0.1) is 0 Å². The molecule has 0 bridgehead atoms. The normalized spacial score (nSPS) is 10.7. The van der Waals surface area contributed by atoms with Crippen molar-refractivity contribution in [1.82, 2.24) is 9.55 Å². The Kier molecular flexibility index (Phi) is 3.67. The Balaban J connectivity index is 2.13. The van der Waals surface area contributed by atoms with Crippen LogP contribution in [0.3, 0.4) is 0 Å². The predicted octanol–water partition coefficient (Wildman–Crippen LogP) is 3.76. The summed E-state index contributed by atoms with van der Waals surface area (Å²) in [5.41, 5.74) is 10.0.